The van der Waals surface area contributed by atoms with Gasteiger partial charge in [-0.2, -0.15) is 0 Å². The summed E-state index contributed by atoms with van der Waals surface area (Å²) in [5.41, 5.74) is 1.65. The molecule has 1 aliphatic rings. The number of aromatic nitrogens is 1. The Balaban J connectivity index is 1.63. The quantitative estimate of drug-likeness (QED) is 0.883. The third-order valence-electron chi connectivity index (χ3n) is 3.54. The first-order valence-corrected chi connectivity index (χ1v) is 6.50. The fraction of sp³-hybridized carbons (Fsp3) is 0.267. The molecule has 5 heteroatoms. The van der Waals surface area contributed by atoms with E-state index in [1.807, 2.05) is 36.4 Å². The van der Waals surface area contributed by atoms with Crippen LogP contribution in [-0.2, 0) is 16.1 Å². The van der Waals surface area contributed by atoms with Crippen molar-refractivity contribution in [2.75, 3.05) is 0 Å². The van der Waals surface area contributed by atoms with Crippen molar-refractivity contribution >= 4 is 22.8 Å². The molecule has 2 N–H and O–H groups in total. The Labute approximate surface area is 115 Å². The van der Waals surface area contributed by atoms with E-state index in [1.54, 1.807) is 0 Å². The molecule has 2 atom stereocenters. The van der Waals surface area contributed by atoms with Gasteiger partial charge >= 0.3 is 5.97 Å². The lowest BCUT2D eigenvalue weighted by Crippen LogP contribution is -2.26. The van der Waals surface area contributed by atoms with Gasteiger partial charge < -0.3 is 10.4 Å². The molecule has 20 heavy (non-hydrogen) atoms. The minimum absolute atomic E-state index is 0.202. The molecule has 1 fully saturated rings. The number of benzene rings is 1. The molecule has 1 aliphatic carbocycles. The number of nitrogens with zero attached hydrogens (tertiary/aromatic N) is 1. The van der Waals surface area contributed by atoms with Gasteiger partial charge in [-0.05, 0) is 18.6 Å². The molecule has 1 aromatic heterocycles. The number of carbonyl (C=O) groups is 2. The summed E-state index contributed by atoms with van der Waals surface area (Å²) in [7, 11) is 0. The average Bonchev–Trinajstić information content (AvgIpc) is 3.25. The van der Waals surface area contributed by atoms with Crippen LogP contribution < -0.4 is 5.32 Å². The average molecular weight is 270 g/mol. The Morgan fingerprint density at radius 1 is 1.20 bits per heavy atom. The van der Waals surface area contributed by atoms with Gasteiger partial charge in [0.2, 0.25) is 5.91 Å². The molecular formula is C15H14N2O3. The zero-order valence-electron chi connectivity index (χ0n) is 10.7. The number of hydrogen-bond acceptors (Lipinski definition) is 3. The van der Waals surface area contributed by atoms with Crippen molar-refractivity contribution in [2.24, 2.45) is 11.8 Å². The van der Waals surface area contributed by atoms with E-state index in [0.717, 1.165) is 16.6 Å². The second-order valence-electron chi connectivity index (χ2n) is 5.00. The van der Waals surface area contributed by atoms with Crippen LogP contribution in [-0.4, -0.2) is 22.0 Å². The number of hydrogen-bond donors (Lipinski definition) is 2. The van der Waals surface area contributed by atoms with Crippen molar-refractivity contribution in [3.8, 4) is 0 Å². The molecule has 5 nitrogen and oxygen atoms in total. The summed E-state index contributed by atoms with van der Waals surface area (Å²) in [6, 6.07) is 11.6. The van der Waals surface area contributed by atoms with Crippen LogP contribution in [0.3, 0.4) is 0 Å². The lowest BCUT2D eigenvalue weighted by molar-refractivity contribution is -0.140. The molecule has 102 valence electrons. The lowest BCUT2D eigenvalue weighted by Gasteiger charge is -2.05. The van der Waals surface area contributed by atoms with Gasteiger partial charge in [0, 0.05) is 5.39 Å². The van der Waals surface area contributed by atoms with Crippen molar-refractivity contribution in [2.45, 2.75) is 13.0 Å². The highest BCUT2D eigenvalue weighted by Gasteiger charge is 2.48. The molecule has 0 saturated heterocycles. The summed E-state index contributed by atoms with van der Waals surface area (Å²) in [5.74, 6) is -1.99. The first kappa shape index (κ1) is 12.6. The Morgan fingerprint density at radius 2 is 2.00 bits per heavy atom. The summed E-state index contributed by atoms with van der Waals surface area (Å²) >= 11 is 0. The SMILES string of the molecule is O=C(O)C1CC1C(=O)NCc1ccc2ccccc2n1. The monoisotopic (exact) mass is 270 g/mol. The van der Waals surface area contributed by atoms with E-state index in [4.69, 9.17) is 5.11 Å². The largest absolute Gasteiger partial charge is 0.481 e. The van der Waals surface area contributed by atoms with Crippen LogP contribution in [0.25, 0.3) is 10.9 Å². The van der Waals surface area contributed by atoms with Crippen LogP contribution in [0.1, 0.15) is 12.1 Å². The second-order valence-corrected chi connectivity index (χ2v) is 5.00. The standard InChI is InChI=1S/C15H14N2O3/c18-14(11-7-12(11)15(19)20)16-8-10-6-5-9-3-1-2-4-13(9)17-10/h1-6,11-12H,7-8H2,(H,16,18)(H,19,20). The minimum Gasteiger partial charge on any atom is -0.481 e. The molecule has 2 unspecified atom stereocenters. The predicted octanol–water partition coefficient (Wildman–Crippen LogP) is 1.57. The summed E-state index contributed by atoms with van der Waals surface area (Å²) in [6.45, 7) is 0.326. The molecule has 1 heterocycles. The molecule has 1 saturated carbocycles. The summed E-state index contributed by atoms with van der Waals surface area (Å²) < 4.78 is 0. The van der Waals surface area contributed by atoms with E-state index < -0.39 is 11.9 Å². The Bertz CT molecular complexity index is 684. The van der Waals surface area contributed by atoms with Crippen molar-refractivity contribution < 1.29 is 14.7 Å². The maximum atomic E-state index is 11.8. The molecule has 2 aromatic rings. The number of fused-ring (bicyclic) bond motifs is 1. The molecule has 0 aliphatic heterocycles. The number of aliphatic carboxylic acids is 1. The van der Waals surface area contributed by atoms with Gasteiger partial charge in [0.1, 0.15) is 0 Å². The van der Waals surface area contributed by atoms with Gasteiger partial charge in [-0.15, -0.1) is 0 Å². The Hall–Kier alpha value is -2.43. The smallest absolute Gasteiger partial charge is 0.307 e. The molecule has 0 bridgehead atoms. The summed E-state index contributed by atoms with van der Waals surface area (Å²) in [6.07, 6.45) is 0.437. The topological polar surface area (TPSA) is 79.3 Å². The van der Waals surface area contributed by atoms with E-state index >= 15 is 0 Å². The summed E-state index contributed by atoms with van der Waals surface area (Å²) in [5, 5.41) is 12.6. The number of carboxylic acid groups (broad SMARTS) is 1. The second kappa shape index (κ2) is 4.92. The third kappa shape index (κ3) is 2.47. The molecule has 1 amide bonds. The molecule has 3 rings (SSSR count). The predicted molar refractivity (Wildman–Crippen MR) is 72.8 cm³/mol. The van der Waals surface area contributed by atoms with E-state index in [0.29, 0.717) is 13.0 Å². The van der Waals surface area contributed by atoms with Crippen LogP contribution in [0.4, 0.5) is 0 Å². The lowest BCUT2D eigenvalue weighted by atomic mass is 10.2. The highest BCUT2D eigenvalue weighted by atomic mass is 16.4. The van der Waals surface area contributed by atoms with E-state index in [2.05, 4.69) is 10.3 Å². The van der Waals surface area contributed by atoms with Crippen molar-refractivity contribution in [1.29, 1.82) is 0 Å². The summed E-state index contributed by atoms with van der Waals surface area (Å²) in [4.78, 5) is 26.9. The highest BCUT2D eigenvalue weighted by Crippen LogP contribution is 2.38. The zero-order valence-corrected chi connectivity index (χ0v) is 10.7. The fourth-order valence-corrected chi connectivity index (χ4v) is 2.27. The van der Waals surface area contributed by atoms with Crippen LogP contribution >= 0.6 is 0 Å². The number of para-hydroxylation sites is 1. The van der Waals surface area contributed by atoms with Crippen LogP contribution in [0.2, 0.25) is 0 Å². The fourth-order valence-electron chi connectivity index (χ4n) is 2.27. The molecule has 1 aromatic carbocycles. The Kier molecular flexibility index (Phi) is 3.10. The van der Waals surface area contributed by atoms with Gasteiger partial charge in [0.15, 0.2) is 0 Å². The normalized spacial score (nSPS) is 20.6. The maximum Gasteiger partial charge on any atom is 0.307 e. The van der Waals surface area contributed by atoms with Gasteiger partial charge in [0.05, 0.1) is 29.6 Å². The molecule has 0 radical (unpaired) electrons. The van der Waals surface area contributed by atoms with Crippen LogP contribution in [0.15, 0.2) is 36.4 Å². The minimum atomic E-state index is -0.894. The van der Waals surface area contributed by atoms with Crippen LogP contribution in [0.5, 0.6) is 0 Å². The van der Waals surface area contributed by atoms with E-state index in [-0.39, 0.29) is 11.8 Å². The van der Waals surface area contributed by atoms with E-state index in [1.165, 1.54) is 0 Å². The number of carbonyl (C=O) groups excluding carboxylic acids is 1. The highest BCUT2D eigenvalue weighted by molar-refractivity contribution is 5.89. The van der Waals surface area contributed by atoms with Crippen molar-refractivity contribution in [1.82, 2.24) is 10.3 Å². The third-order valence-corrected chi connectivity index (χ3v) is 3.54. The Morgan fingerprint density at radius 3 is 2.75 bits per heavy atom. The molecule has 0 spiro atoms. The van der Waals surface area contributed by atoms with Gasteiger partial charge in [0.25, 0.3) is 0 Å². The van der Waals surface area contributed by atoms with Crippen molar-refractivity contribution in [3.05, 3.63) is 42.1 Å². The number of carboxylic acids is 1. The van der Waals surface area contributed by atoms with Crippen LogP contribution in [0, 0.1) is 11.8 Å². The first-order valence-electron chi connectivity index (χ1n) is 6.50. The maximum absolute atomic E-state index is 11.8. The van der Waals surface area contributed by atoms with Gasteiger partial charge in [-0.25, -0.2) is 0 Å². The van der Waals surface area contributed by atoms with E-state index in [9.17, 15) is 9.59 Å². The van der Waals surface area contributed by atoms with Crippen molar-refractivity contribution in [3.63, 3.8) is 0 Å². The number of amides is 1. The zero-order chi connectivity index (χ0) is 14.1. The number of rotatable bonds is 4. The number of pyridine rings is 1. The first-order chi connectivity index (χ1) is 9.65. The van der Waals surface area contributed by atoms with Gasteiger partial charge in [-0.3, -0.25) is 14.6 Å². The molecular weight excluding hydrogens is 256 g/mol. The number of nitrogens with one attached hydrogen (secondary N) is 1. The van der Waals surface area contributed by atoms with Gasteiger partial charge in [-0.1, -0.05) is 24.3 Å².